The first-order chi connectivity index (χ1) is 14.2. The SMILES string of the molecule is CC(=O)O[C@@]12COC1C[C@H](C)[C@@]1(C)C(=O)[C@H](C)C3=C(C)C(O)CC(O)([C@@H](C)C21)C3(C)C. The Bertz CT molecular complexity index is 860. The third-order valence-electron chi connectivity index (χ3n) is 9.95. The molecule has 3 fully saturated rings. The molecule has 2 saturated carbocycles. The third kappa shape index (κ3) is 2.56. The van der Waals surface area contributed by atoms with Gasteiger partial charge in [0.25, 0.3) is 0 Å². The van der Waals surface area contributed by atoms with Gasteiger partial charge in [0.1, 0.15) is 11.9 Å². The maximum Gasteiger partial charge on any atom is 0.303 e. The van der Waals surface area contributed by atoms with Crippen molar-refractivity contribution in [2.75, 3.05) is 6.61 Å². The molecule has 174 valence electrons. The molecule has 4 unspecified atom stereocenters. The molecule has 6 nitrogen and oxygen atoms in total. The van der Waals surface area contributed by atoms with Crippen molar-refractivity contribution in [1.29, 1.82) is 0 Å². The van der Waals surface area contributed by atoms with Crippen LogP contribution in [0.5, 0.6) is 0 Å². The number of esters is 1. The Morgan fingerprint density at radius 2 is 1.81 bits per heavy atom. The molecule has 31 heavy (non-hydrogen) atoms. The molecule has 2 N–H and O–H groups in total. The van der Waals surface area contributed by atoms with Crippen LogP contribution in [0.2, 0.25) is 0 Å². The predicted octanol–water partition coefficient (Wildman–Crippen LogP) is 3.04. The molecular weight excluding hydrogens is 396 g/mol. The standard InChI is InChI=1S/C25H38O6/c1-12-9-18-24(11-30-18,31-16(5)26)20-15(4)25(29)10-17(27)13(2)19(22(25,6)7)14(3)21(28)23(12,20)8/h12,14-15,17-18,20,27,29H,9-11H2,1-8H3/t12-,14+,15-,17?,18?,20?,23+,24-,25?/m0/s1. The smallest absolute Gasteiger partial charge is 0.303 e. The van der Waals surface area contributed by atoms with Crippen LogP contribution in [-0.4, -0.2) is 52.0 Å². The molecule has 2 bridgehead atoms. The summed E-state index contributed by atoms with van der Waals surface area (Å²) in [6.07, 6.45) is -0.269. The Morgan fingerprint density at radius 1 is 1.19 bits per heavy atom. The lowest BCUT2D eigenvalue weighted by atomic mass is 9.40. The van der Waals surface area contributed by atoms with Crippen molar-refractivity contribution in [3.63, 3.8) is 0 Å². The van der Waals surface area contributed by atoms with E-state index in [4.69, 9.17) is 9.47 Å². The maximum absolute atomic E-state index is 14.3. The first kappa shape index (κ1) is 22.9. The molecule has 0 aromatic rings. The zero-order valence-corrected chi connectivity index (χ0v) is 20.1. The van der Waals surface area contributed by atoms with Gasteiger partial charge in [-0.15, -0.1) is 0 Å². The van der Waals surface area contributed by atoms with E-state index in [0.29, 0.717) is 6.42 Å². The summed E-state index contributed by atoms with van der Waals surface area (Å²) in [5.74, 6) is -1.57. The van der Waals surface area contributed by atoms with Gasteiger partial charge in [-0.3, -0.25) is 9.59 Å². The van der Waals surface area contributed by atoms with Crippen LogP contribution in [-0.2, 0) is 19.1 Å². The quantitative estimate of drug-likeness (QED) is 0.487. The zero-order valence-electron chi connectivity index (χ0n) is 20.1. The molecule has 0 spiro atoms. The second-order valence-corrected chi connectivity index (χ2v) is 11.5. The van der Waals surface area contributed by atoms with Crippen molar-refractivity contribution in [2.45, 2.75) is 91.6 Å². The van der Waals surface area contributed by atoms with Crippen LogP contribution in [0.3, 0.4) is 0 Å². The molecule has 3 aliphatic carbocycles. The van der Waals surface area contributed by atoms with Crippen LogP contribution >= 0.6 is 0 Å². The molecule has 4 aliphatic rings. The Labute approximate surface area is 185 Å². The summed E-state index contributed by atoms with van der Waals surface area (Å²) in [6, 6.07) is 0. The highest BCUT2D eigenvalue weighted by Crippen LogP contribution is 2.67. The first-order valence-corrected chi connectivity index (χ1v) is 11.6. The summed E-state index contributed by atoms with van der Waals surface area (Å²) in [7, 11) is 0. The molecule has 1 saturated heterocycles. The number of Topliss-reactive ketones (excluding diaryl/α,β-unsaturated/α-hetero) is 1. The van der Waals surface area contributed by atoms with Crippen molar-refractivity contribution in [3.05, 3.63) is 11.1 Å². The molecule has 0 radical (unpaired) electrons. The molecule has 4 rings (SSSR count). The number of hydrogen-bond donors (Lipinski definition) is 2. The molecule has 0 aromatic heterocycles. The lowest BCUT2D eigenvalue weighted by Crippen LogP contribution is -2.78. The van der Waals surface area contributed by atoms with Crippen LogP contribution in [0.4, 0.5) is 0 Å². The number of aliphatic hydroxyl groups excluding tert-OH is 1. The number of ketones is 1. The van der Waals surface area contributed by atoms with Gasteiger partial charge in [-0.2, -0.15) is 0 Å². The second kappa shape index (κ2) is 6.64. The zero-order chi connectivity index (χ0) is 23.3. The van der Waals surface area contributed by atoms with E-state index in [1.54, 1.807) is 0 Å². The van der Waals surface area contributed by atoms with E-state index in [9.17, 15) is 19.8 Å². The highest BCUT2D eigenvalue weighted by Gasteiger charge is 2.74. The number of fused-ring (bicyclic) bond motifs is 5. The van der Waals surface area contributed by atoms with E-state index in [1.165, 1.54) is 6.92 Å². The summed E-state index contributed by atoms with van der Waals surface area (Å²) in [5.41, 5.74) is -2.07. The number of aliphatic hydroxyl groups is 2. The maximum atomic E-state index is 14.3. The highest BCUT2D eigenvalue weighted by atomic mass is 16.6. The van der Waals surface area contributed by atoms with E-state index >= 15 is 0 Å². The van der Waals surface area contributed by atoms with Gasteiger partial charge in [-0.05, 0) is 36.3 Å². The highest BCUT2D eigenvalue weighted by molar-refractivity contribution is 5.91. The largest absolute Gasteiger partial charge is 0.454 e. The fourth-order valence-electron chi connectivity index (χ4n) is 8.19. The summed E-state index contributed by atoms with van der Waals surface area (Å²) in [6.45, 7) is 15.4. The van der Waals surface area contributed by atoms with Gasteiger partial charge < -0.3 is 19.7 Å². The minimum atomic E-state index is -1.27. The third-order valence-corrected chi connectivity index (χ3v) is 9.95. The molecule has 9 atom stereocenters. The van der Waals surface area contributed by atoms with Crippen molar-refractivity contribution in [3.8, 4) is 0 Å². The van der Waals surface area contributed by atoms with E-state index in [2.05, 4.69) is 6.92 Å². The molecule has 6 heteroatoms. The average Bonchev–Trinajstić information content (AvgIpc) is 2.65. The molecule has 0 aromatic carbocycles. The first-order valence-electron chi connectivity index (χ1n) is 11.6. The second-order valence-electron chi connectivity index (χ2n) is 11.5. The van der Waals surface area contributed by atoms with Crippen molar-refractivity contribution in [2.24, 2.45) is 34.5 Å². The van der Waals surface area contributed by atoms with Crippen LogP contribution in [0.15, 0.2) is 11.1 Å². The lowest BCUT2D eigenvalue weighted by Gasteiger charge is -2.68. The van der Waals surface area contributed by atoms with E-state index < -0.39 is 51.9 Å². The fraction of sp³-hybridized carbons (Fsp3) is 0.840. The summed E-state index contributed by atoms with van der Waals surface area (Å²) in [5, 5.41) is 23.3. The number of carbonyl (C=O) groups is 2. The Hall–Kier alpha value is -1.24. The Balaban J connectivity index is 2.02. The van der Waals surface area contributed by atoms with Crippen molar-refractivity contribution >= 4 is 11.8 Å². The Kier molecular flexibility index (Phi) is 4.92. The molecule has 0 amide bonds. The summed E-state index contributed by atoms with van der Waals surface area (Å²) < 4.78 is 11.9. The fourth-order valence-corrected chi connectivity index (χ4v) is 8.19. The summed E-state index contributed by atoms with van der Waals surface area (Å²) in [4.78, 5) is 26.5. The van der Waals surface area contributed by atoms with E-state index in [0.717, 1.165) is 11.1 Å². The topological polar surface area (TPSA) is 93.1 Å². The van der Waals surface area contributed by atoms with Crippen molar-refractivity contribution in [1.82, 2.24) is 0 Å². The monoisotopic (exact) mass is 434 g/mol. The van der Waals surface area contributed by atoms with Gasteiger partial charge in [0.15, 0.2) is 5.60 Å². The number of hydrogen-bond acceptors (Lipinski definition) is 6. The minimum absolute atomic E-state index is 0.000233. The normalized spacial score (nSPS) is 51.1. The predicted molar refractivity (Wildman–Crippen MR) is 115 cm³/mol. The number of ether oxygens (including phenoxy) is 2. The summed E-state index contributed by atoms with van der Waals surface area (Å²) >= 11 is 0. The van der Waals surface area contributed by atoms with Gasteiger partial charge in [0, 0.05) is 36.0 Å². The number of carbonyl (C=O) groups excluding carboxylic acids is 2. The molecule has 1 heterocycles. The number of rotatable bonds is 1. The van der Waals surface area contributed by atoms with Gasteiger partial charge in [0.05, 0.1) is 18.3 Å². The molecular formula is C25H38O6. The minimum Gasteiger partial charge on any atom is -0.454 e. The van der Waals surface area contributed by atoms with Gasteiger partial charge in [0.2, 0.25) is 0 Å². The average molecular weight is 435 g/mol. The van der Waals surface area contributed by atoms with Gasteiger partial charge in [-0.25, -0.2) is 0 Å². The van der Waals surface area contributed by atoms with Crippen LogP contribution in [0.25, 0.3) is 0 Å². The van der Waals surface area contributed by atoms with Crippen LogP contribution < -0.4 is 0 Å². The lowest BCUT2D eigenvalue weighted by molar-refractivity contribution is -0.332. The van der Waals surface area contributed by atoms with Crippen LogP contribution in [0, 0.1) is 34.5 Å². The van der Waals surface area contributed by atoms with Crippen LogP contribution in [0.1, 0.15) is 68.2 Å². The molecule has 1 aliphatic heterocycles. The van der Waals surface area contributed by atoms with E-state index in [1.807, 2.05) is 41.5 Å². The van der Waals surface area contributed by atoms with Gasteiger partial charge >= 0.3 is 5.97 Å². The van der Waals surface area contributed by atoms with E-state index in [-0.39, 0.29) is 30.8 Å². The van der Waals surface area contributed by atoms with Gasteiger partial charge in [-0.1, -0.05) is 41.5 Å². The Morgan fingerprint density at radius 3 is 2.32 bits per heavy atom. The van der Waals surface area contributed by atoms with Crippen molar-refractivity contribution < 1.29 is 29.3 Å².